The quantitative estimate of drug-likeness (QED) is 0.619. The van der Waals surface area contributed by atoms with Gasteiger partial charge in [0.05, 0.1) is 11.2 Å². The van der Waals surface area contributed by atoms with Crippen molar-refractivity contribution in [2.45, 2.75) is 0 Å². The molecule has 106 valence electrons. The maximum Gasteiger partial charge on any atom is 0.150 e. The van der Waals surface area contributed by atoms with Gasteiger partial charge in [0, 0.05) is 26.8 Å². The zero-order chi connectivity index (χ0) is 15.0. The van der Waals surface area contributed by atoms with E-state index in [2.05, 4.69) is 26.2 Å². The van der Waals surface area contributed by atoms with Gasteiger partial charge in [0.15, 0.2) is 5.82 Å². The van der Waals surface area contributed by atoms with E-state index in [1.54, 1.807) is 36.5 Å². The van der Waals surface area contributed by atoms with Crippen molar-refractivity contribution in [1.82, 2.24) is 4.98 Å². The normalized spacial score (nSPS) is 10.8. The highest BCUT2D eigenvalue weighted by molar-refractivity contribution is 9.10. The van der Waals surface area contributed by atoms with Crippen LogP contribution in [-0.2, 0) is 0 Å². The molecule has 6 heteroatoms. The Balaban J connectivity index is 2.16. The molecule has 0 atom stereocenters. The molecule has 0 saturated carbocycles. The van der Waals surface area contributed by atoms with Crippen LogP contribution in [0.4, 0.5) is 21.5 Å². The average Bonchev–Trinajstić information content (AvgIpc) is 2.45. The number of hydrogen-bond donors (Lipinski definition) is 2. The van der Waals surface area contributed by atoms with Crippen LogP contribution in [0.15, 0.2) is 47.1 Å². The summed E-state index contributed by atoms with van der Waals surface area (Å²) in [5.74, 6) is -0.458. The van der Waals surface area contributed by atoms with E-state index in [0.717, 1.165) is 4.47 Å². The van der Waals surface area contributed by atoms with Gasteiger partial charge in [0.1, 0.15) is 5.69 Å². The van der Waals surface area contributed by atoms with Crippen molar-refractivity contribution in [3.05, 3.63) is 57.9 Å². The van der Waals surface area contributed by atoms with Crippen LogP contribution >= 0.6 is 27.5 Å². The molecule has 0 spiro atoms. The molecule has 3 aromatic rings. The fourth-order valence-corrected chi connectivity index (χ4v) is 2.86. The second-order valence-corrected chi connectivity index (χ2v) is 5.76. The van der Waals surface area contributed by atoms with Crippen LogP contribution in [0.3, 0.4) is 0 Å². The largest absolute Gasteiger partial charge is 0.398 e. The maximum atomic E-state index is 14.3. The Hall–Kier alpha value is -1.85. The lowest BCUT2D eigenvalue weighted by atomic mass is 10.1. The van der Waals surface area contributed by atoms with E-state index in [9.17, 15) is 4.39 Å². The van der Waals surface area contributed by atoms with Crippen molar-refractivity contribution < 1.29 is 4.39 Å². The van der Waals surface area contributed by atoms with Crippen LogP contribution in [0.5, 0.6) is 0 Å². The molecule has 1 aromatic heterocycles. The van der Waals surface area contributed by atoms with Gasteiger partial charge in [0.2, 0.25) is 0 Å². The van der Waals surface area contributed by atoms with Crippen molar-refractivity contribution >= 4 is 55.5 Å². The SMILES string of the molecule is Nc1cc(F)c(Nc2ccc(Cl)cc2Br)c2ncccc12. The fraction of sp³-hybridized carbons (Fsp3) is 0. The number of benzene rings is 2. The van der Waals surface area contributed by atoms with Gasteiger partial charge in [-0.25, -0.2) is 4.39 Å². The molecule has 2 aromatic carbocycles. The second kappa shape index (κ2) is 5.50. The average molecular weight is 367 g/mol. The van der Waals surface area contributed by atoms with Gasteiger partial charge in [0.25, 0.3) is 0 Å². The van der Waals surface area contributed by atoms with Crippen LogP contribution in [0.25, 0.3) is 10.9 Å². The van der Waals surface area contributed by atoms with Crippen LogP contribution in [-0.4, -0.2) is 4.98 Å². The number of pyridine rings is 1. The number of rotatable bonds is 2. The van der Waals surface area contributed by atoms with Crippen molar-refractivity contribution in [3.63, 3.8) is 0 Å². The molecule has 21 heavy (non-hydrogen) atoms. The third-order valence-electron chi connectivity index (χ3n) is 3.07. The molecule has 0 aliphatic heterocycles. The van der Waals surface area contributed by atoms with Gasteiger partial charge >= 0.3 is 0 Å². The highest BCUT2D eigenvalue weighted by atomic mass is 79.9. The van der Waals surface area contributed by atoms with Crippen molar-refractivity contribution in [2.75, 3.05) is 11.1 Å². The van der Waals surface area contributed by atoms with Crippen molar-refractivity contribution in [2.24, 2.45) is 0 Å². The lowest BCUT2D eigenvalue weighted by Gasteiger charge is -2.13. The Kier molecular flexibility index (Phi) is 3.69. The summed E-state index contributed by atoms with van der Waals surface area (Å²) in [7, 11) is 0. The van der Waals surface area contributed by atoms with Crippen molar-refractivity contribution in [3.8, 4) is 0 Å². The van der Waals surface area contributed by atoms with Crippen LogP contribution in [0.2, 0.25) is 5.02 Å². The topological polar surface area (TPSA) is 50.9 Å². The zero-order valence-electron chi connectivity index (χ0n) is 10.7. The lowest BCUT2D eigenvalue weighted by molar-refractivity contribution is 0.634. The van der Waals surface area contributed by atoms with Gasteiger partial charge in [-0.15, -0.1) is 0 Å². The summed E-state index contributed by atoms with van der Waals surface area (Å²) < 4.78 is 15.0. The molecule has 0 aliphatic carbocycles. The highest BCUT2D eigenvalue weighted by Crippen LogP contribution is 2.34. The van der Waals surface area contributed by atoms with Gasteiger partial charge in [-0.05, 0) is 52.3 Å². The minimum absolute atomic E-state index is 0.280. The number of nitrogens with one attached hydrogen (secondary N) is 1. The third kappa shape index (κ3) is 2.66. The molecule has 0 radical (unpaired) electrons. The summed E-state index contributed by atoms with van der Waals surface area (Å²) in [5.41, 5.74) is 7.65. The molecule has 0 amide bonds. The Morgan fingerprint density at radius 1 is 1.24 bits per heavy atom. The van der Waals surface area contributed by atoms with E-state index in [1.165, 1.54) is 6.07 Å². The zero-order valence-corrected chi connectivity index (χ0v) is 13.0. The van der Waals surface area contributed by atoms with E-state index in [4.69, 9.17) is 17.3 Å². The monoisotopic (exact) mass is 365 g/mol. The Morgan fingerprint density at radius 2 is 2.05 bits per heavy atom. The molecule has 3 N–H and O–H groups in total. The van der Waals surface area contributed by atoms with Gasteiger partial charge in [-0.2, -0.15) is 0 Å². The number of anilines is 3. The molecule has 3 rings (SSSR count). The first kappa shape index (κ1) is 14.1. The first-order chi connectivity index (χ1) is 10.1. The molecule has 1 heterocycles. The van der Waals surface area contributed by atoms with Gasteiger partial charge in [-0.1, -0.05) is 11.6 Å². The summed E-state index contributed by atoms with van der Waals surface area (Å²) >= 11 is 9.30. The highest BCUT2D eigenvalue weighted by Gasteiger charge is 2.13. The van der Waals surface area contributed by atoms with Crippen molar-refractivity contribution in [1.29, 1.82) is 0 Å². The summed E-state index contributed by atoms with van der Waals surface area (Å²) in [6, 6.07) is 10.1. The molecule has 0 bridgehead atoms. The Bertz CT molecular complexity index is 839. The smallest absolute Gasteiger partial charge is 0.150 e. The standard InChI is InChI=1S/C15H10BrClFN3/c16-10-6-8(17)3-4-13(10)21-15-11(18)7-12(19)9-2-1-5-20-14(9)15/h1-7,21H,19H2. The van der Waals surface area contributed by atoms with E-state index in [0.29, 0.717) is 27.3 Å². The summed E-state index contributed by atoms with van der Waals surface area (Å²) in [6.07, 6.45) is 1.60. The Morgan fingerprint density at radius 3 is 2.81 bits per heavy atom. The fourth-order valence-electron chi connectivity index (χ4n) is 2.08. The lowest BCUT2D eigenvalue weighted by Crippen LogP contribution is -2.00. The third-order valence-corrected chi connectivity index (χ3v) is 3.96. The first-order valence-corrected chi connectivity index (χ1v) is 7.28. The van der Waals surface area contributed by atoms with E-state index in [1.807, 2.05) is 0 Å². The van der Waals surface area contributed by atoms with Crippen LogP contribution in [0.1, 0.15) is 0 Å². The minimum Gasteiger partial charge on any atom is -0.398 e. The number of nitrogens with zero attached hydrogens (tertiary/aromatic N) is 1. The molecule has 0 aliphatic rings. The Labute approximate surface area is 134 Å². The number of fused-ring (bicyclic) bond motifs is 1. The number of nitrogen functional groups attached to an aromatic ring is 1. The first-order valence-electron chi connectivity index (χ1n) is 6.11. The van der Waals surface area contributed by atoms with Gasteiger partial charge < -0.3 is 11.1 Å². The van der Waals surface area contributed by atoms with E-state index < -0.39 is 5.82 Å². The molecule has 3 nitrogen and oxygen atoms in total. The summed E-state index contributed by atoms with van der Waals surface area (Å²) in [5, 5.41) is 4.33. The number of halogens is 3. The summed E-state index contributed by atoms with van der Waals surface area (Å²) in [6.45, 7) is 0. The predicted octanol–water partition coefficient (Wildman–Crippen LogP) is 5.12. The van der Waals surface area contributed by atoms with Gasteiger partial charge in [-0.3, -0.25) is 4.98 Å². The molecule has 0 saturated heterocycles. The van der Waals surface area contributed by atoms with E-state index in [-0.39, 0.29) is 5.69 Å². The van der Waals surface area contributed by atoms with E-state index >= 15 is 0 Å². The predicted molar refractivity (Wildman–Crippen MR) is 88.5 cm³/mol. The summed E-state index contributed by atoms with van der Waals surface area (Å²) in [4.78, 5) is 4.22. The number of nitrogens with two attached hydrogens (primary N) is 1. The molecule has 0 fully saturated rings. The van der Waals surface area contributed by atoms with Crippen LogP contribution < -0.4 is 11.1 Å². The molecular weight excluding hydrogens is 357 g/mol. The molecule has 0 unspecified atom stereocenters. The maximum absolute atomic E-state index is 14.3. The minimum atomic E-state index is -0.458. The van der Waals surface area contributed by atoms with Crippen LogP contribution in [0, 0.1) is 5.82 Å². The molecular formula is C15H10BrClFN3. The second-order valence-electron chi connectivity index (χ2n) is 4.47. The number of aromatic nitrogens is 1. The number of hydrogen-bond acceptors (Lipinski definition) is 3.